The highest BCUT2D eigenvalue weighted by Crippen LogP contribution is 2.31. The molecule has 386 valence electrons. The molecular weight excluding hydrogens is 915 g/mol. The second-order valence-electron chi connectivity index (χ2n) is 17.1. The summed E-state index contributed by atoms with van der Waals surface area (Å²) in [4.78, 5) is 83.6. The number of hydrogen-bond acceptors (Lipinski definition) is 13. The van der Waals surface area contributed by atoms with Crippen molar-refractivity contribution in [2.45, 2.75) is 147 Å². The number of nitrogens with zero attached hydrogens (tertiary/aromatic N) is 9. The van der Waals surface area contributed by atoms with Crippen LogP contribution in [0.3, 0.4) is 0 Å². The predicted octanol–water partition coefficient (Wildman–Crippen LogP) is 7.70. The Morgan fingerprint density at radius 2 is 1.15 bits per heavy atom. The van der Waals surface area contributed by atoms with Gasteiger partial charge in [0.15, 0.2) is 0 Å². The second kappa shape index (κ2) is 33.8. The maximum absolute atomic E-state index is 12.4. The van der Waals surface area contributed by atoms with Crippen molar-refractivity contribution in [2.75, 3.05) is 33.4 Å². The molecule has 6 atom stereocenters. The number of Topliss-reactive ketones (excluding diaryl/α,β-unsaturated/α-hetero) is 1. The van der Waals surface area contributed by atoms with Gasteiger partial charge in [-0.25, -0.2) is 9.59 Å². The van der Waals surface area contributed by atoms with Gasteiger partial charge in [-0.2, -0.15) is 0 Å². The van der Waals surface area contributed by atoms with Crippen LogP contribution in [0.5, 0.6) is 0 Å². The zero-order chi connectivity index (χ0) is 51.8. The number of aromatic nitrogens is 4. The minimum Gasteiger partial charge on any atom is -0.463 e. The third-order valence-electron chi connectivity index (χ3n) is 11.4. The summed E-state index contributed by atoms with van der Waals surface area (Å²) >= 11 is 0. The van der Waals surface area contributed by atoms with Gasteiger partial charge in [-0.3, -0.25) is 38.3 Å². The van der Waals surface area contributed by atoms with E-state index in [-0.39, 0.29) is 38.3 Å². The van der Waals surface area contributed by atoms with Gasteiger partial charge in [0, 0.05) is 65.4 Å². The molecule has 2 aliphatic rings. The van der Waals surface area contributed by atoms with Crippen LogP contribution >= 0.6 is 0 Å². The van der Waals surface area contributed by atoms with E-state index in [1.54, 1.807) is 13.8 Å². The van der Waals surface area contributed by atoms with Gasteiger partial charge in [0.1, 0.15) is 30.9 Å². The van der Waals surface area contributed by atoms with Crippen molar-refractivity contribution in [1.82, 2.24) is 24.0 Å². The number of nitrogens with one attached hydrogen (secondary N) is 2. The third kappa shape index (κ3) is 22.4. The number of aromatic amines is 2. The summed E-state index contributed by atoms with van der Waals surface area (Å²) in [6.45, 7) is 6.29. The molecule has 0 radical (unpaired) electrons. The molecule has 2 unspecified atom stereocenters. The molecule has 0 bridgehead atoms. The van der Waals surface area contributed by atoms with Gasteiger partial charge < -0.3 is 24.2 Å². The molecule has 3 N–H and O–H groups in total. The van der Waals surface area contributed by atoms with E-state index < -0.39 is 65.2 Å². The second-order valence-corrected chi connectivity index (χ2v) is 17.1. The van der Waals surface area contributed by atoms with Crippen molar-refractivity contribution in [1.29, 1.82) is 0 Å². The molecular formula is C50H71N11O10. The number of aryl methyl sites for hydroxylation is 2. The topological polar surface area (TPSA) is 293 Å². The first kappa shape index (κ1) is 58.7. The van der Waals surface area contributed by atoms with Gasteiger partial charge in [0.2, 0.25) is 0 Å². The molecule has 0 saturated carbocycles. The summed E-state index contributed by atoms with van der Waals surface area (Å²) in [6, 6.07) is -1.18. The fraction of sp³-hybridized carbons (Fsp3) is 0.560. The molecule has 2 aromatic heterocycles. The van der Waals surface area contributed by atoms with E-state index in [0.29, 0.717) is 36.9 Å². The SMILES string of the molecule is CC/C=C\C/C=C\C/C=C\C/C=C\C/C=C\C/C=C\CCC(=O)CCCN(C)CCCC(=O)OC[C@H]1OC(n2cc(C)c(=O)[nH]c2=O)C[C@@H]1N=[N+]=[N-].Cc1cn(C2C[C@H](N=[N+]=[N-])[C@@H](CO)O2)c(=O)[nH]c1=O. The minimum absolute atomic E-state index is 0.118. The zero-order valence-electron chi connectivity index (χ0n) is 41.4. The molecule has 0 aromatic carbocycles. The average Bonchev–Trinajstić information content (AvgIpc) is 3.95. The van der Waals surface area contributed by atoms with E-state index in [1.807, 2.05) is 7.05 Å². The van der Waals surface area contributed by atoms with Crippen LogP contribution in [-0.2, 0) is 23.8 Å². The molecule has 2 saturated heterocycles. The number of rotatable bonds is 29. The number of H-pyrrole nitrogens is 2. The molecule has 71 heavy (non-hydrogen) atoms. The molecule has 4 rings (SSSR count). The average molecular weight is 986 g/mol. The lowest BCUT2D eigenvalue weighted by molar-refractivity contribution is -0.148. The van der Waals surface area contributed by atoms with Crippen LogP contribution in [0.2, 0.25) is 0 Å². The van der Waals surface area contributed by atoms with Crippen LogP contribution in [0.25, 0.3) is 20.9 Å². The number of allylic oxidation sites excluding steroid dienone is 12. The smallest absolute Gasteiger partial charge is 0.330 e. The summed E-state index contributed by atoms with van der Waals surface area (Å²) in [5, 5.41) is 16.4. The molecule has 21 nitrogen and oxygen atoms in total. The number of ketones is 1. The van der Waals surface area contributed by atoms with Gasteiger partial charge in [-0.05, 0) is 103 Å². The normalized spacial score (nSPS) is 20.1. The molecule has 0 amide bonds. The molecule has 2 aromatic rings. The largest absolute Gasteiger partial charge is 0.463 e. The van der Waals surface area contributed by atoms with Gasteiger partial charge in [0.05, 0.1) is 24.8 Å². The first-order chi connectivity index (χ1) is 34.3. The summed E-state index contributed by atoms with van der Waals surface area (Å²) in [6.07, 6.45) is 35.7. The van der Waals surface area contributed by atoms with E-state index >= 15 is 0 Å². The summed E-state index contributed by atoms with van der Waals surface area (Å²) < 4.78 is 19.2. The quantitative estimate of drug-likeness (QED) is 0.0233. The first-order valence-electron chi connectivity index (χ1n) is 24.2. The Hall–Kier alpha value is -6.60. The Kier molecular flexibility index (Phi) is 28.0. The minimum atomic E-state index is -0.764. The van der Waals surface area contributed by atoms with Crippen LogP contribution in [0.1, 0.15) is 120 Å². The van der Waals surface area contributed by atoms with Crippen molar-refractivity contribution in [3.05, 3.63) is 159 Å². The van der Waals surface area contributed by atoms with Crippen molar-refractivity contribution in [2.24, 2.45) is 10.2 Å². The number of ether oxygens (including phenoxy) is 3. The van der Waals surface area contributed by atoms with Crippen LogP contribution in [0.4, 0.5) is 0 Å². The number of hydrogen-bond donors (Lipinski definition) is 3. The van der Waals surface area contributed by atoms with E-state index in [2.05, 4.69) is 115 Å². The predicted molar refractivity (Wildman–Crippen MR) is 272 cm³/mol. The van der Waals surface area contributed by atoms with Crippen LogP contribution in [0, 0.1) is 13.8 Å². The van der Waals surface area contributed by atoms with Crippen LogP contribution < -0.4 is 22.5 Å². The van der Waals surface area contributed by atoms with E-state index in [0.717, 1.165) is 57.9 Å². The Morgan fingerprint density at radius 3 is 1.62 bits per heavy atom. The number of aliphatic hydroxyl groups is 1. The van der Waals surface area contributed by atoms with Gasteiger partial charge in [-0.15, -0.1) is 0 Å². The summed E-state index contributed by atoms with van der Waals surface area (Å²) in [5.74, 6) is -0.144. The number of carbonyl (C=O) groups is 2. The van der Waals surface area contributed by atoms with Crippen molar-refractivity contribution in [3.63, 3.8) is 0 Å². The van der Waals surface area contributed by atoms with Gasteiger partial charge >= 0.3 is 17.3 Å². The van der Waals surface area contributed by atoms with Crippen molar-refractivity contribution in [3.8, 4) is 0 Å². The summed E-state index contributed by atoms with van der Waals surface area (Å²) in [7, 11) is 1.96. The molecule has 21 heteroatoms. The van der Waals surface area contributed by atoms with E-state index in [9.17, 15) is 28.8 Å². The number of esters is 1. The lowest BCUT2D eigenvalue weighted by atomic mass is 10.1. The summed E-state index contributed by atoms with van der Waals surface area (Å²) in [5.41, 5.74) is 15.9. The maximum Gasteiger partial charge on any atom is 0.330 e. The highest BCUT2D eigenvalue weighted by atomic mass is 16.6. The van der Waals surface area contributed by atoms with Crippen molar-refractivity contribution < 1.29 is 28.9 Å². The Morgan fingerprint density at radius 1 is 0.718 bits per heavy atom. The Bertz CT molecular complexity index is 2510. The molecule has 4 heterocycles. The van der Waals surface area contributed by atoms with E-state index in [4.69, 9.17) is 30.4 Å². The van der Waals surface area contributed by atoms with Gasteiger partial charge in [-0.1, -0.05) is 90.1 Å². The van der Waals surface area contributed by atoms with Crippen molar-refractivity contribution >= 4 is 11.8 Å². The van der Waals surface area contributed by atoms with Crippen LogP contribution in [0.15, 0.2) is 115 Å². The maximum atomic E-state index is 12.4. The van der Waals surface area contributed by atoms with Crippen LogP contribution in [-0.4, -0.2) is 98.5 Å². The molecule has 2 fully saturated rings. The lowest BCUT2D eigenvalue weighted by Gasteiger charge is -2.18. The highest BCUT2D eigenvalue weighted by Gasteiger charge is 2.38. The molecule has 2 aliphatic heterocycles. The Labute approximate surface area is 413 Å². The Balaban J connectivity index is 0.000000579. The first-order valence-corrected chi connectivity index (χ1v) is 24.2. The zero-order valence-corrected chi connectivity index (χ0v) is 41.4. The highest BCUT2D eigenvalue weighted by molar-refractivity contribution is 5.78. The van der Waals surface area contributed by atoms with Gasteiger partial charge in [0.25, 0.3) is 11.1 Å². The monoisotopic (exact) mass is 986 g/mol. The fourth-order valence-electron chi connectivity index (χ4n) is 7.47. The third-order valence-corrected chi connectivity index (χ3v) is 11.4. The standard InChI is InChI=1S/C40H58N6O6.C10H13N5O4/c1-4-5-6-7-8-9-10-11-12-13-14-15-16-17-18-19-20-21-22-25-34(47)26-23-28-45(3)29-24-27-38(48)51-32-36-35(43-44-41)30-37(52-36)46-31-33(2)39(49)42-40(46)50;1-5-3-15(10(18)12-9(5)17)8-2-6(13-14-11)7(4-16)19-8/h5-6,8-9,11-12,14-15,17-18,20-21,31,35-37H,4,7,10,13,16,19,22-30,32H2,1-3H3,(H,42,49,50);3,6-8,16H,2,4H2,1H3,(H,12,17,18)/b6-5-,9-8-,12-11-,15-14-,18-17-,21-20-;/t35-,36+,37?;6-,7+,8?/m00/s1. The van der Waals surface area contributed by atoms with E-state index in [1.165, 1.54) is 21.5 Å². The number of azide groups is 2. The fourth-order valence-corrected chi connectivity index (χ4v) is 7.47. The number of carbonyl (C=O) groups excluding carboxylic acids is 2. The molecule has 0 aliphatic carbocycles. The molecule has 0 spiro atoms. The lowest BCUT2D eigenvalue weighted by Crippen LogP contribution is -2.33. The number of aliphatic hydroxyl groups excluding tert-OH is 1.